The number of nitro benzene ring substituents is 1. The molecule has 0 atom stereocenters. The molecule has 0 aliphatic heterocycles. The van der Waals surface area contributed by atoms with Crippen LogP contribution >= 0.6 is 12.2 Å². The Morgan fingerprint density at radius 1 is 1.00 bits per heavy atom. The van der Waals surface area contributed by atoms with Crippen molar-refractivity contribution in [3.8, 4) is 0 Å². The van der Waals surface area contributed by atoms with Gasteiger partial charge in [-0.25, -0.2) is 0 Å². The molecule has 0 aliphatic carbocycles. The smallest absolute Gasteiger partial charge is 0.269 e. The number of anilines is 2. The van der Waals surface area contributed by atoms with E-state index >= 15 is 0 Å². The molecule has 3 N–H and O–H groups in total. The molecule has 0 unspecified atom stereocenters. The molecule has 0 heterocycles. The summed E-state index contributed by atoms with van der Waals surface area (Å²) in [5.74, 6) is -0.635. The molecule has 2 amide bonds. The highest BCUT2D eigenvalue weighted by Gasteiger charge is 2.07. The molecule has 9 heteroatoms. The van der Waals surface area contributed by atoms with Gasteiger partial charge in [-0.2, -0.15) is 0 Å². The minimum atomic E-state index is -0.491. The van der Waals surface area contributed by atoms with E-state index in [2.05, 4.69) is 16.0 Å². The molecule has 8 nitrogen and oxygen atoms in total. The molecule has 0 fully saturated rings. The minimum Gasteiger partial charge on any atom is -0.332 e. The number of nitro groups is 1. The summed E-state index contributed by atoms with van der Waals surface area (Å²) in [5.41, 5.74) is 1.93. The zero-order chi connectivity index (χ0) is 21.4. The maximum atomic E-state index is 12.0. The number of carbonyl (C=O) groups is 2. The molecule has 0 bridgehead atoms. The van der Waals surface area contributed by atoms with Crippen LogP contribution in [-0.4, -0.2) is 21.9 Å². The fourth-order valence-electron chi connectivity index (χ4n) is 2.12. The van der Waals surface area contributed by atoms with Crippen LogP contribution in [0.5, 0.6) is 0 Å². The monoisotopic (exact) mass is 412 g/mol. The van der Waals surface area contributed by atoms with Crippen molar-refractivity contribution in [2.24, 2.45) is 5.92 Å². The van der Waals surface area contributed by atoms with Crippen LogP contribution < -0.4 is 16.0 Å². The Hall–Kier alpha value is -3.59. The molecule has 0 radical (unpaired) electrons. The predicted octanol–water partition coefficient (Wildman–Crippen LogP) is 3.72. The van der Waals surface area contributed by atoms with E-state index < -0.39 is 10.8 Å². The highest BCUT2D eigenvalue weighted by atomic mass is 32.1. The maximum Gasteiger partial charge on any atom is 0.269 e. The molecule has 0 saturated heterocycles. The summed E-state index contributed by atoms with van der Waals surface area (Å²) in [5, 5.41) is 18.9. The average Bonchev–Trinajstić information content (AvgIpc) is 2.68. The number of thiocarbonyl (C=S) groups is 1. The second-order valence-corrected chi connectivity index (χ2v) is 6.75. The topological polar surface area (TPSA) is 113 Å². The zero-order valence-electron chi connectivity index (χ0n) is 15.8. The molecule has 29 heavy (non-hydrogen) atoms. The van der Waals surface area contributed by atoms with E-state index in [0.29, 0.717) is 16.9 Å². The highest BCUT2D eigenvalue weighted by molar-refractivity contribution is 7.80. The summed E-state index contributed by atoms with van der Waals surface area (Å²) in [4.78, 5) is 33.8. The van der Waals surface area contributed by atoms with Gasteiger partial charge < -0.3 is 10.6 Å². The fraction of sp³-hybridized carbons (Fsp3) is 0.150. The van der Waals surface area contributed by atoms with Gasteiger partial charge in [0.15, 0.2) is 5.11 Å². The molecule has 2 aromatic carbocycles. The van der Waals surface area contributed by atoms with E-state index in [1.54, 1.807) is 24.3 Å². The summed E-state index contributed by atoms with van der Waals surface area (Å²) in [7, 11) is 0. The Kier molecular flexibility index (Phi) is 7.55. The van der Waals surface area contributed by atoms with Gasteiger partial charge in [0.2, 0.25) is 11.8 Å². The number of hydrogen-bond acceptors (Lipinski definition) is 5. The van der Waals surface area contributed by atoms with E-state index in [9.17, 15) is 19.7 Å². The van der Waals surface area contributed by atoms with Gasteiger partial charge in [-0.05, 0) is 60.3 Å². The SMILES string of the molecule is CC(C)C(=O)Nc1ccc(NC(=S)NC(=O)/C=C/c2ccc([N+](=O)[O-])cc2)cc1. The van der Waals surface area contributed by atoms with Crippen LogP contribution in [0.1, 0.15) is 19.4 Å². The van der Waals surface area contributed by atoms with Crippen molar-refractivity contribution in [1.29, 1.82) is 0 Å². The first kappa shape index (κ1) is 21.7. The van der Waals surface area contributed by atoms with Crippen LogP contribution in [0.25, 0.3) is 6.08 Å². The quantitative estimate of drug-likeness (QED) is 0.288. The lowest BCUT2D eigenvalue weighted by Gasteiger charge is -2.10. The van der Waals surface area contributed by atoms with Crippen LogP contribution in [0.3, 0.4) is 0 Å². The predicted molar refractivity (Wildman–Crippen MR) is 116 cm³/mol. The number of carbonyl (C=O) groups excluding carboxylic acids is 2. The third-order valence-electron chi connectivity index (χ3n) is 3.70. The molecule has 0 saturated carbocycles. The van der Waals surface area contributed by atoms with Gasteiger partial charge >= 0.3 is 0 Å². The van der Waals surface area contributed by atoms with Gasteiger partial charge in [0.25, 0.3) is 5.69 Å². The lowest BCUT2D eigenvalue weighted by atomic mass is 10.2. The first-order chi connectivity index (χ1) is 13.7. The number of benzene rings is 2. The Morgan fingerprint density at radius 3 is 2.07 bits per heavy atom. The van der Waals surface area contributed by atoms with Crippen molar-refractivity contribution in [2.75, 3.05) is 10.6 Å². The summed E-state index contributed by atoms with van der Waals surface area (Å²) < 4.78 is 0. The second-order valence-electron chi connectivity index (χ2n) is 6.35. The van der Waals surface area contributed by atoms with Gasteiger partial charge in [0.05, 0.1) is 4.92 Å². The first-order valence-electron chi connectivity index (χ1n) is 8.70. The highest BCUT2D eigenvalue weighted by Crippen LogP contribution is 2.15. The van der Waals surface area contributed by atoms with Crippen molar-refractivity contribution in [2.45, 2.75) is 13.8 Å². The molecule has 2 rings (SSSR count). The standard InChI is InChI=1S/C20H20N4O4S/c1-13(2)19(26)21-15-6-8-16(9-7-15)22-20(29)23-18(25)12-5-14-3-10-17(11-4-14)24(27)28/h3-13H,1-2H3,(H,21,26)(H2,22,23,25,29)/b12-5+. The number of amides is 2. The zero-order valence-corrected chi connectivity index (χ0v) is 16.7. The third kappa shape index (κ3) is 7.15. The molecule has 0 spiro atoms. The average molecular weight is 412 g/mol. The van der Waals surface area contributed by atoms with E-state index in [1.165, 1.54) is 36.4 Å². The molecule has 0 aliphatic rings. The van der Waals surface area contributed by atoms with Crippen LogP contribution in [-0.2, 0) is 9.59 Å². The van der Waals surface area contributed by atoms with Crippen molar-refractivity contribution < 1.29 is 14.5 Å². The molecular formula is C20H20N4O4S. The number of nitrogens with zero attached hydrogens (tertiary/aromatic N) is 1. The maximum absolute atomic E-state index is 12.0. The van der Waals surface area contributed by atoms with Gasteiger partial charge in [0, 0.05) is 35.5 Å². The van der Waals surface area contributed by atoms with Gasteiger partial charge in [-0.3, -0.25) is 25.0 Å². The lowest BCUT2D eigenvalue weighted by molar-refractivity contribution is -0.384. The molecule has 150 valence electrons. The number of non-ortho nitro benzene ring substituents is 1. The van der Waals surface area contributed by atoms with Crippen molar-refractivity contribution in [1.82, 2.24) is 5.32 Å². The van der Waals surface area contributed by atoms with Gasteiger partial charge in [0.1, 0.15) is 0 Å². The van der Waals surface area contributed by atoms with Crippen LogP contribution in [0, 0.1) is 16.0 Å². The number of hydrogen-bond donors (Lipinski definition) is 3. The van der Waals surface area contributed by atoms with E-state index in [1.807, 2.05) is 13.8 Å². The normalized spacial score (nSPS) is 10.6. The third-order valence-corrected chi connectivity index (χ3v) is 3.91. The van der Waals surface area contributed by atoms with Crippen molar-refractivity contribution >= 4 is 52.3 Å². The van der Waals surface area contributed by atoms with Crippen molar-refractivity contribution in [3.63, 3.8) is 0 Å². The lowest BCUT2D eigenvalue weighted by Crippen LogP contribution is -2.32. The summed E-state index contributed by atoms with van der Waals surface area (Å²) >= 11 is 5.10. The van der Waals surface area contributed by atoms with E-state index in [-0.39, 0.29) is 22.6 Å². The Morgan fingerprint density at radius 2 is 1.55 bits per heavy atom. The Balaban J connectivity index is 1.85. The van der Waals surface area contributed by atoms with E-state index in [4.69, 9.17) is 12.2 Å². The van der Waals surface area contributed by atoms with Crippen molar-refractivity contribution in [3.05, 3.63) is 70.3 Å². The minimum absolute atomic E-state index is 0.0215. The molecular weight excluding hydrogens is 392 g/mol. The Labute approximate surface area is 173 Å². The first-order valence-corrected chi connectivity index (χ1v) is 9.11. The largest absolute Gasteiger partial charge is 0.332 e. The molecule has 0 aromatic heterocycles. The van der Waals surface area contributed by atoms with Crippen LogP contribution in [0.15, 0.2) is 54.6 Å². The summed E-state index contributed by atoms with van der Waals surface area (Å²) in [6.45, 7) is 3.62. The summed E-state index contributed by atoms with van der Waals surface area (Å²) in [6, 6.07) is 12.7. The van der Waals surface area contributed by atoms with Crippen LogP contribution in [0.2, 0.25) is 0 Å². The molecule has 2 aromatic rings. The second kappa shape index (κ2) is 10.1. The number of nitrogens with one attached hydrogen (secondary N) is 3. The summed E-state index contributed by atoms with van der Waals surface area (Å²) in [6.07, 6.45) is 2.80. The number of rotatable bonds is 6. The Bertz CT molecular complexity index is 938. The van der Waals surface area contributed by atoms with Gasteiger partial charge in [-0.1, -0.05) is 13.8 Å². The van der Waals surface area contributed by atoms with Gasteiger partial charge in [-0.15, -0.1) is 0 Å². The fourth-order valence-corrected chi connectivity index (χ4v) is 2.34. The van der Waals surface area contributed by atoms with E-state index in [0.717, 1.165) is 0 Å². The van der Waals surface area contributed by atoms with Crippen LogP contribution in [0.4, 0.5) is 17.1 Å².